The number of halogens is 4. The van der Waals surface area contributed by atoms with E-state index in [0.29, 0.717) is 30.9 Å². The number of ether oxygens (including phenoxy) is 2. The molecule has 0 bridgehead atoms. The lowest BCUT2D eigenvalue weighted by Crippen LogP contribution is -2.19. The van der Waals surface area contributed by atoms with Crippen molar-refractivity contribution in [1.82, 2.24) is 0 Å². The molecule has 0 aromatic heterocycles. The van der Waals surface area contributed by atoms with E-state index in [9.17, 15) is 18.0 Å². The van der Waals surface area contributed by atoms with Gasteiger partial charge < -0.3 is 9.47 Å². The third kappa shape index (κ3) is 6.56. The maximum Gasteiger partial charge on any atom is 0.422 e. The Morgan fingerprint density at radius 3 is 2.55 bits per heavy atom. The summed E-state index contributed by atoms with van der Waals surface area (Å²) in [4.78, 5) is 12.7. The number of carbonyl (C=O) groups excluding carboxylic acids is 1. The molecule has 1 aliphatic rings. The summed E-state index contributed by atoms with van der Waals surface area (Å²) >= 11 is 7.97. The van der Waals surface area contributed by atoms with E-state index in [1.807, 2.05) is 36.6 Å². The zero-order valence-electron chi connectivity index (χ0n) is 17.3. The molecule has 0 radical (unpaired) electrons. The molecule has 0 aliphatic heterocycles. The lowest BCUT2D eigenvalue weighted by molar-refractivity contribution is -0.153. The van der Waals surface area contributed by atoms with Crippen molar-refractivity contribution >= 4 is 29.3 Å². The van der Waals surface area contributed by atoms with Crippen LogP contribution >= 0.6 is 23.4 Å². The maximum atomic E-state index is 12.8. The van der Waals surface area contributed by atoms with Crippen LogP contribution in [0.2, 0.25) is 5.02 Å². The molecule has 2 aromatic rings. The first-order valence-corrected chi connectivity index (χ1v) is 11.6. The first-order valence-electron chi connectivity index (χ1n) is 10.0. The van der Waals surface area contributed by atoms with Gasteiger partial charge in [-0.2, -0.15) is 13.2 Å². The summed E-state index contributed by atoms with van der Waals surface area (Å²) in [5, 5.41) is 0.154. The van der Waals surface area contributed by atoms with Gasteiger partial charge >= 0.3 is 12.1 Å². The number of carbonyl (C=O) groups is 1. The van der Waals surface area contributed by atoms with Gasteiger partial charge in [0.25, 0.3) is 0 Å². The quantitative estimate of drug-likeness (QED) is 0.287. The van der Waals surface area contributed by atoms with Crippen LogP contribution in [0.1, 0.15) is 37.7 Å². The van der Waals surface area contributed by atoms with Gasteiger partial charge in [0.05, 0.1) is 11.6 Å². The molecule has 2 unspecified atom stereocenters. The van der Waals surface area contributed by atoms with Crippen molar-refractivity contribution in [2.24, 2.45) is 5.92 Å². The monoisotopic (exact) mass is 472 g/mol. The highest BCUT2D eigenvalue weighted by Gasteiger charge is 2.39. The predicted molar refractivity (Wildman–Crippen MR) is 117 cm³/mol. The second kappa shape index (κ2) is 10.2. The number of esters is 1. The van der Waals surface area contributed by atoms with Gasteiger partial charge in [0.1, 0.15) is 5.75 Å². The van der Waals surface area contributed by atoms with Gasteiger partial charge in [0.2, 0.25) is 0 Å². The summed E-state index contributed by atoms with van der Waals surface area (Å²) in [6, 6.07) is 11.1. The Morgan fingerprint density at radius 2 is 1.94 bits per heavy atom. The van der Waals surface area contributed by atoms with Crippen LogP contribution in [-0.4, -0.2) is 31.6 Å². The Labute approximate surface area is 189 Å². The second-order valence-electron chi connectivity index (χ2n) is 7.46. The van der Waals surface area contributed by atoms with Crippen LogP contribution in [0.15, 0.2) is 41.3 Å². The molecule has 2 atom stereocenters. The molecule has 1 aliphatic carbocycles. The van der Waals surface area contributed by atoms with E-state index in [1.54, 1.807) is 24.8 Å². The number of alkyl halides is 3. The molecule has 0 N–H and O–H groups in total. The third-order valence-corrected chi connectivity index (χ3v) is 6.25. The van der Waals surface area contributed by atoms with Gasteiger partial charge in [-0.15, -0.1) is 11.8 Å². The van der Waals surface area contributed by atoms with Crippen LogP contribution in [0.5, 0.6) is 5.75 Å². The van der Waals surface area contributed by atoms with Crippen LogP contribution in [0.3, 0.4) is 0 Å². The Bertz CT molecular complexity index is 916. The summed E-state index contributed by atoms with van der Waals surface area (Å²) in [7, 11) is 0. The molecule has 31 heavy (non-hydrogen) atoms. The van der Waals surface area contributed by atoms with Gasteiger partial charge in [0.15, 0.2) is 6.61 Å². The van der Waals surface area contributed by atoms with Gasteiger partial charge in [-0.3, -0.25) is 4.79 Å². The highest BCUT2D eigenvalue weighted by molar-refractivity contribution is 7.98. The molecule has 1 fully saturated rings. The van der Waals surface area contributed by atoms with Crippen LogP contribution in [0.4, 0.5) is 13.2 Å². The minimum Gasteiger partial charge on any atom is -0.482 e. The molecule has 1 saturated carbocycles. The smallest absolute Gasteiger partial charge is 0.422 e. The molecular formula is C23H24ClF3O3S. The molecule has 8 heteroatoms. The molecule has 3 nitrogen and oxygen atoms in total. The molecule has 3 rings (SSSR count). The molecule has 2 aromatic carbocycles. The average Bonchev–Trinajstić information content (AvgIpc) is 3.50. The minimum atomic E-state index is -4.46. The van der Waals surface area contributed by atoms with Crippen LogP contribution in [-0.2, 0) is 9.53 Å². The Hall–Kier alpha value is -1.86. The largest absolute Gasteiger partial charge is 0.482 e. The van der Waals surface area contributed by atoms with Crippen molar-refractivity contribution in [1.29, 1.82) is 0 Å². The van der Waals surface area contributed by atoms with E-state index in [-0.39, 0.29) is 22.7 Å². The van der Waals surface area contributed by atoms with Crippen molar-refractivity contribution < 1.29 is 27.4 Å². The summed E-state index contributed by atoms with van der Waals surface area (Å²) in [6.45, 7) is 0.726. The third-order valence-electron chi connectivity index (χ3n) is 5.22. The number of hydrogen-bond donors (Lipinski definition) is 0. The number of hydrogen-bond acceptors (Lipinski definition) is 4. The van der Waals surface area contributed by atoms with Crippen molar-refractivity contribution in [3.8, 4) is 16.9 Å². The lowest BCUT2D eigenvalue weighted by atomic mass is 9.98. The normalized spacial score (nSPS) is 18.0. The van der Waals surface area contributed by atoms with E-state index in [1.165, 1.54) is 0 Å². The molecule has 0 saturated heterocycles. The molecule has 0 amide bonds. The predicted octanol–water partition coefficient (Wildman–Crippen LogP) is 7.12. The van der Waals surface area contributed by atoms with Gasteiger partial charge in [-0.05, 0) is 73.2 Å². The maximum absolute atomic E-state index is 12.8. The zero-order chi connectivity index (χ0) is 22.6. The zero-order valence-corrected chi connectivity index (χ0v) is 18.9. The Balaban J connectivity index is 1.85. The van der Waals surface area contributed by atoms with E-state index in [4.69, 9.17) is 21.1 Å². The van der Waals surface area contributed by atoms with Crippen LogP contribution < -0.4 is 4.74 Å². The molecule has 0 spiro atoms. The first kappa shape index (κ1) is 23.8. The summed E-state index contributed by atoms with van der Waals surface area (Å²) in [6.07, 6.45) is -0.530. The van der Waals surface area contributed by atoms with Crippen molar-refractivity contribution in [3.05, 3.63) is 47.0 Å². The SMILES string of the molecule is CCOC(=O)CCC1CC1c1cc(Cl)c(OCC(F)(F)F)c(-c2ccc(SC)cc2)c1. The molecule has 168 valence electrons. The number of benzene rings is 2. The van der Waals surface area contributed by atoms with Crippen molar-refractivity contribution in [2.75, 3.05) is 19.5 Å². The highest BCUT2D eigenvalue weighted by atomic mass is 35.5. The molecule has 0 heterocycles. The number of rotatable bonds is 9. The van der Waals surface area contributed by atoms with E-state index in [2.05, 4.69) is 0 Å². The number of thioether (sulfide) groups is 1. The van der Waals surface area contributed by atoms with Gasteiger partial charge in [-0.1, -0.05) is 23.7 Å². The average molecular weight is 473 g/mol. The van der Waals surface area contributed by atoms with E-state index >= 15 is 0 Å². The fraction of sp³-hybridized carbons (Fsp3) is 0.435. The van der Waals surface area contributed by atoms with Gasteiger partial charge in [0, 0.05) is 16.9 Å². The molecular weight excluding hydrogens is 449 g/mol. The Morgan fingerprint density at radius 1 is 1.23 bits per heavy atom. The summed E-state index contributed by atoms with van der Waals surface area (Å²) in [5.41, 5.74) is 2.22. The fourth-order valence-electron chi connectivity index (χ4n) is 3.63. The first-order chi connectivity index (χ1) is 14.7. The standard InChI is InChI=1S/C23H24ClF3O3S/c1-3-29-21(28)9-6-15-10-18(15)16-11-19(14-4-7-17(31-2)8-5-14)22(20(24)12-16)30-13-23(25,26)27/h4-5,7-8,11-12,15,18H,3,6,9-10,13H2,1-2H3. The van der Waals surface area contributed by atoms with Crippen LogP contribution in [0, 0.1) is 5.92 Å². The van der Waals surface area contributed by atoms with E-state index in [0.717, 1.165) is 22.4 Å². The van der Waals surface area contributed by atoms with Crippen molar-refractivity contribution in [2.45, 2.75) is 43.2 Å². The highest BCUT2D eigenvalue weighted by Crippen LogP contribution is 2.52. The summed E-state index contributed by atoms with van der Waals surface area (Å²) in [5.74, 6) is 0.363. The second-order valence-corrected chi connectivity index (χ2v) is 8.74. The lowest BCUT2D eigenvalue weighted by Gasteiger charge is -2.17. The Kier molecular flexibility index (Phi) is 7.81. The van der Waals surface area contributed by atoms with Gasteiger partial charge in [-0.25, -0.2) is 0 Å². The summed E-state index contributed by atoms with van der Waals surface area (Å²) < 4.78 is 48.4. The van der Waals surface area contributed by atoms with Crippen LogP contribution in [0.25, 0.3) is 11.1 Å². The topological polar surface area (TPSA) is 35.5 Å². The minimum absolute atomic E-state index is 0.0309. The van der Waals surface area contributed by atoms with Crippen molar-refractivity contribution in [3.63, 3.8) is 0 Å². The van der Waals surface area contributed by atoms with E-state index < -0.39 is 12.8 Å². The fourth-order valence-corrected chi connectivity index (χ4v) is 4.32.